The molecule has 1 aliphatic heterocycles. The van der Waals surface area contributed by atoms with Crippen molar-refractivity contribution in [2.75, 3.05) is 13.1 Å². The first-order valence-electron chi connectivity index (χ1n) is 10.5. The lowest BCUT2D eigenvalue weighted by Gasteiger charge is -2.32. The number of furan rings is 1. The van der Waals surface area contributed by atoms with E-state index in [2.05, 4.69) is 4.98 Å². The molecule has 1 fully saturated rings. The SMILES string of the molecule is CC(C)(C)OC(=O)N1CCC(c2cc3cc(-c4ccc(C(=O)O)cc4F)ncc3o2)CC1. The molecular formula is C24H25FN2O5. The first kappa shape index (κ1) is 21.8. The van der Waals surface area contributed by atoms with Crippen LogP contribution in [0.2, 0.25) is 0 Å². The molecule has 32 heavy (non-hydrogen) atoms. The number of hydrogen-bond acceptors (Lipinski definition) is 5. The summed E-state index contributed by atoms with van der Waals surface area (Å²) in [6.45, 7) is 6.71. The number of carbonyl (C=O) groups is 2. The molecule has 0 aliphatic carbocycles. The Morgan fingerprint density at radius 1 is 1.19 bits per heavy atom. The minimum Gasteiger partial charge on any atom is -0.478 e. The summed E-state index contributed by atoms with van der Waals surface area (Å²) in [5.41, 5.74) is 0.589. The summed E-state index contributed by atoms with van der Waals surface area (Å²) in [5, 5.41) is 9.80. The van der Waals surface area contributed by atoms with Gasteiger partial charge in [-0.05, 0) is 63.9 Å². The van der Waals surface area contributed by atoms with Crippen molar-refractivity contribution in [1.29, 1.82) is 0 Å². The number of pyridine rings is 1. The molecule has 0 saturated carbocycles. The molecular weight excluding hydrogens is 415 g/mol. The van der Waals surface area contributed by atoms with E-state index in [1.807, 2.05) is 26.8 Å². The Hall–Kier alpha value is -3.42. The normalized spacial score (nSPS) is 15.2. The Morgan fingerprint density at radius 3 is 2.53 bits per heavy atom. The lowest BCUT2D eigenvalue weighted by molar-refractivity contribution is 0.0200. The number of fused-ring (bicyclic) bond motifs is 1. The molecule has 0 radical (unpaired) electrons. The van der Waals surface area contributed by atoms with Crippen molar-refractivity contribution in [2.24, 2.45) is 0 Å². The van der Waals surface area contributed by atoms with Crippen molar-refractivity contribution in [2.45, 2.75) is 45.1 Å². The van der Waals surface area contributed by atoms with Crippen LogP contribution in [-0.2, 0) is 4.74 Å². The molecule has 168 valence electrons. The third-order valence-corrected chi connectivity index (χ3v) is 5.46. The van der Waals surface area contributed by atoms with Crippen molar-refractivity contribution in [3.05, 3.63) is 53.7 Å². The van der Waals surface area contributed by atoms with E-state index in [0.29, 0.717) is 24.4 Å². The number of aromatic carboxylic acids is 1. The fourth-order valence-corrected chi connectivity index (χ4v) is 3.84. The topological polar surface area (TPSA) is 92.9 Å². The minimum atomic E-state index is -1.18. The number of carboxylic acid groups (broad SMARTS) is 1. The quantitative estimate of drug-likeness (QED) is 0.582. The number of halogens is 1. The van der Waals surface area contributed by atoms with Gasteiger partial charge in [-0.3, -0.25) is 4.98 Å². The first-order valence-corrected chi connectivity index (χ1v) is 10.5. The van der Waals surface area contributed by atoms with E-state index >= 15 is 0 Å². The van der Waals surface area contributed by atoms with Crippen LogP contribution in [0.1, 0.15) is 55.6 Å². The van der Waals surface area contributed by atoms with Gasteiger partial charge in [0.1, 0.15) is 17.2 Å². The second-order valence-electron chi connectivity index (χ2n) is 9.00. The lowest BCUT2D eigenvalue weighted by atomic mass is 9.94. The number of amides is 1. The third kappa shape index (κ3) is 4.59. The molecule has 1 N–H and O–H groups in total. The minimum absolute atomic E-state index is 0.115. The maximum Gasteiger partial charge on any atom is 0.410 e. The highest BCUT2D eigenvalue weighted by Crippen LogP contribution is 2.34. The van der Waals surface area contributed by atoms with Crippen LogP contribution >= 0.6 is 0 Å². The van der Waals surface area contributed by atoms with E-state index in [4.69, 9.17) is 14.3 Å². The van der Waals surface area contributed by atoms with Crippen LogP contribution in [-0.4, -0.2) is 45.7 Å². The summed E-state index contributed by atoms with van der Waals surface area (Å²) in [6, 6.07) is 7.42. The average molecular weight is 440 g/mol. The summed E-state index contributed by atoms with van der Waals surface area (Å²) in [7, 11) is 0. The van der Waals surface area contributed by atoms with Crippen LogP contribution in [0.5, 0.6) is 0 Å². The van der Waals surface area contributed by atoms with Gasteiger partial charge in [0.2, 0.25) is 0 Å². The summed E-state index contributed by atoms with van der Waals surface area (Å²) in [5.74, 6) is -0.855. The summed E-state index contributed by atoms with van der Waals surface area (Å²) < 4.78 is 25.9. The van der Waals surface area contributed by atoms with E-state index in [-0.39, 0.29) is 23.1 Å². The number of carboxylic acids is 1. The highest BCUT2D eigenvalue weighted by Gasteiger charge is 2.29. The van der Waals surface area contributed by atoms with Crippen molar-refractivity contribution in [3.8, 4) is 11.3 Å². The van der Waals surface area contributed by atoms with E-state index < -0.39 is 17.4 Å². The van der Waals surface area contributed by atoms with E-state index in [9.17, 15) is 14.0 Å². The van der Waals surface area contributed by atoms with Crippen molar-refractivity contribution >= 4 is 23.0 Å². The Balaban J connectivity index is 1.50. The van der Waals surface area contributed by atoms with Crippen LogP contribution in [0.4, 0.5) is 9.18 Å². The van der Waals surface area contributed by atoms with Gasteiger partial charge in [-0.15, -0.1) is 0 Å². The molecule has 0 spiro atoms. The number of aromatic nitrogens is 1. The molecule has 1 saturated heterocycles. The van der Waals surface area contributed by atoms with Gasteiger partial charge in [-0.1, -0.05) is 0 Å². The predicted octanol–water partition coefficient (Wildman–Crippen LogP) is 5.45. The highest BCUT2D eigenvalue weighted by atomic mass is 19.1. The van der Waals surface area contributed by atoms with E-state index in [1.165, 1.54) is 12.1 Å². The molecule has 0 bridgehead atoms. The zero-order valence-corrected chi connectivity index (χ0v) is 18.2. The second-order valence-corrected chi connectivity index (χ2v) is 9.00. The Labute approximate surface area is 184 Å². The summed E-state index contributed by atoms with van der Waals surface area (Å²) in [6.07, 6.45) is 2.76. The average Bonchev–Trinajstić information content (AvgIpc) is 3.16. The Kier molecular flexibility index (Phi) is 5.62. The molecule has 1 aromatic carbocycles. The third-order valence-electron chi connectivity index (χ3n) is 5.46. The summed E-state index contributed by atoms with van der Waals surface area (Å²) in [4.78, 5) is 29.3. The number of benzene rings is 1. The molecule has 0 unspecified atom stereocenters. The summed E-state index contributed by atoms with van der Waals surface area (Å²) >= 11 is 0. The molecule has 4 rings (SSSR count). The fraction of sp³-hybridized carbons (Fsp3) is 0.375. The number of likely N-dealkylation sites (tertiary alicyclic amines) is 1. The molecule has 3 heterocycles. The van der Waals surface area contributed by atoms with E-state index in [1.54, 1.807) is 17.2 Å². The monoisotopic (exact) mass is 440 g/mol. The molecule has 2 aromatic heterocycles. The number of carbonyl (C=O) groups excluding carboxylic acids is 1. The van der Waals surface area contributed by atoms with E-state index in [0.717, 1.165) is 30.1 Å². The van der Waals surface area contributed by atoms with Crippen molar-refractivity contribution in [1.82, 2.24) is 9.88 Å². The van der Waals surface area contributed by atoms with Crippen LogP contribution in [0, 0.1) is 5.82 Å². The van der Waals surface area contributed by atoms with Crippen LogP contribution < -0.4 is 0 Å². The Bertz CT molecular complexity index is 1170. The zero-order valence-electron chi connectivity index (χ0n) is 18.2. The predicted molar refractivity (Wildman–Crippen MR) is 116 cm³/mol. The van der Waals surface area contributed by atoms with Crippen LogP contribution in [0.3, 0.4) is 0 Å². The van der Waals surface area contributed by atoms with Gasteiger partial charge in [0.25, 0.3) is 0 Å². The van der Waals surface area contributed by atoms with Gasteiger partial charge in [-0.2, -0.15) is 0 Å². The standard InChI is InChI=1S/C24H25FN2O5/c1-24(2,3)32-23(30)27-8-6-14(7-9-27)20-12-16-11-19(26-13-21(16)31-20)17-5-4-15(22(28)29)10-18(17)25/h4-5,10-14H,6-9H2,1-3H3,(H,28,29). The largest absolute Gasteiger partial charge is 0.478 e. The van der Waals surface area contributed by atoms with Gasteiger partial charge >= 0.3 is 12.1 Å². The highest BCUT2D eigenvalue weighted by molar-refractivity contribution is 5.89. The second kappa shape index (κ2) is 8.26. The smallest absolute Gasteiger partial charge is 0.410 e. The van der Waals surface area contributed by atoms with Crippen LogP contribution in [0.25, 0.3) is 22.2 Å². The number of piperidine rings is 1. The number of hydrogen-bond donors (Lipinski definition) is 1. The Morgan fingerprint density at radius 2 is 1.91 bits per heavy atom. The van der Waals surface area contributed by atoms with Gasteiger partial charge < -0.3 is 19.2 Å². The van der Waals surface area contributed by atoms with Gasteiger partial charge in [0.15, 0.2) is 5.58 Å². The van der Waals surface area contributed by atoms with Gasteiger partial charge in [0.05, 0.1) is 17.5 Å². The maximum atomic E-state index is 14.4. The van der Waals surface area contributed by atoms with Crippen molar-refractivity contribution in [3.63, 3.8) is 0 Å². The molecule has 1 amide bonds. The molecule has 1 aliphatic rings. The lowest BCUT2D eigenvalue weighted by Crippen LogP contribution is -2.41. The van der Waals surface area contributed by atoms with Gasteiger partial charge in [0, 0.05) is 30.0 Å². The molecule has 3 aromatic rings. The number of ether oxygens (including phenoxy) is 1. The molecule has 8 heteroatoms. The zero-order chi connectivity index (χ0) is 23.0. The molecule has 7 nitrogen and oxygen atoms in total. The van der Waals surface area contributed by atoms with Crippen LogP contribution in [0.15, 0.2) is 40.9 Å². The molecule has 0 atom stereocenters. The first-order chi connectivity index (χ1) is 15.1. The van der Waals surface area contributed by atoms with Gasteiger partial charge in [-0.25, -0.2) is 14.0 Å². The van der Waals surface area contributed by atoms with Crippen molar-refractivity contribution < 1.29 is 28.2 Å². The fourth-order valence-electron chi connectivity index (χ4n) is 3.84. The number of rotatable bonds is 3. The maximum absolute atomic E-state index is 14.4. The number of nitrogens with zero attached hydrogens (tertiary/aromatic N) is 2.